The normalized spacial score (nSPS) is 18.5. The molecule has 0 aromatic heterocycles. The number of benzene rings is 1. The molecule has 1 aliphatic heterocycles. The number of carbonyl (C=O) groups excluding carboxylic acids is 1. The van der Waals surface area contributed by atoms with Crippen molar-refractivity contribution in [2.75, 3.05) is 5.32 Å². The Kier molecular flexibility index (Phi) is 2.14. The third kappa shape index (κ3) is 2.09. The van der Waals surface area contributed by atoms with Gasteiger partial charge in [0.25, 0.3) is 0 Å². The Hall–Kier alpha value is -1.58. The second kappa shape index (κ2) is 3.22. The average molecular weight is 209 g/mol. The van der Waals surface area contributed by atoms with Crippen molar-refractivity contribution >= 4 is 11.6 Å². The molecule has 0 unspecified atom stereocenters. The SMILES string of the molecule is CC1(C)CC(=O)Nc2cc(F)ccc2O1. The number of amides is 1. The molecule has 1 aromatic carbocycles. The van der Waals surface area contributed by atoms with Crippen LogP contribution in [0.4, 0.5) is 10.1 Å². The van der Waals surface area contributed by atoms with Gasteiger partial charge in [-0.15, -0.1) is 0 Å². The lowest BCUT2D eigenvalue weighted by Crippen LogP contribution is -2.30. The first kappa shape index (κ1) is 9.96. The van der Waals surface area contributed by atoms with Crippen molar-refractivity contribution in [1.29, 1.82) is 0 Å². The zero-order chi connectivity index (χ0) is 11.1. The van der Waals surface area contributed by atoms with Crippen LogP contribution in [0.3, 0.4) is 0 Å². The lowest BCUT2D eigenvalue weighted by atomic mass is 10.1. The van der Waals surface area contributed by atoms with E-state index in [1.807, 2.05) is 13.8 Å². The average Bonchev–Trinajstić information content (AvgIpc) is 2.18. The quantitative estimate of drug-likeness (QED) is 0.712. The van der Waals surface area contributed by atoms with Gasteiger partial charge in [0.2, 0.25) is 5.91 Å². The predicted octanol–water partition coefficient (Wildman–Crippen LogP) is 2.33. The summed E-state index contributed by atoms with van der Waals surface area (Å²) in [6, 6.07) is 4.10. The third-order valence-electron chi connectivity index (χ3n) is 2.19. The zero-order valence-corrected chi connectivity index (χ0v) is 8.63. The molecule has 0 bridgehead atoms. The molecular weight excluding hydrogens is 197 g/mol. The molecule has 1 aliphatic rings. The van der Waals surface area contributed by atoms with Gasteiger partial charge < -0.3 is 10.1 Å². The fourth-order valence-corrected chi connectivity index (χ4v) is 1.60. The van der Waals surface area contributed by atoms with E-state index in [0.717, 1.165) is 0 Å². The molecule has 1 heterocycles. The highest BCUT2D eigenvalue weighted by Gasteiger charge is 2.29. The zero-order valence-electron chi connectivity index (χ0n) is 8.63. The maximum atomic E-state index is 12.9. The van der Waals surface area contributed by atoms with Crippen LogP contribution in [0, 0.1) is 5.82 Å². The number of ether oxygens (including phenoxy) is 1. The van der Waals surface area contributed by atoms with E-state index in [0.29, 0.717) is 11.4 Å². The first-order valence-corrected chi connectivity index (χ1v) is 4.75. The second-order valence-electron chi connectivity index (χ2n) is 4.23. The summed E-state index contributed by atoms with van der Waals surface area (Å²) in [6.45, 7) is 3.65. The number of fused-ring (bicyclic) bond motifs is 1. The minimum absolute atomic E-state index is 0.163. The molecule has 0 spiro atoms. The van der Waals surface area contributed by atoms with E-state index in [1.165, 1.54) is 18.2 Å². The van der Waals surface area contributed by atoms with Gasteiger partial charge in [0, 0.05) is 6.07 Å². The van der Waals surface area contributed by atoms with E-state index in [4.69, 9.17) is 4.74 Å². The summed E-state index contributed by atoms with van der Waals surface area (Å²) in [5.74, 6) is -0.0473. The smallest absolute Gasteiger partial charge is 0.228 e. The fraction of sp³-hybridized carbons (Fsp3) is 0.364. The van der Waals surface area contributed by atoms with Crippen molar-refractivity contribution in [3.05, 3.63) is 24.0 Å². The Labute approximate surface area is 87.2 Å². The van der Waals surface area contributed by atoms with E-state index < -0.39 is 11.4 Å². The van der Waals surface area contributed by atoms with Crippen molar-refractivity contribution in [1.82, 2.24) is 0 Å². The molecule has 0 saturated carbocycles. The molecule has 0 atom stereocenters. The molecule has 15 heavy (non-hydrogen) atoms. The summed E-state index contributed by atoms with van der Waals surface area (Å²) in [7, 11) is 0. The van der Waals surface area contributed by atoms with Crippen LogP contribution in [0.1, 0.15) is 20.3 Å². The summed E-state index contributed by atoms with van der Waals surface area (Å²) in [5.41, 5.74) is -0.168. The van der Waals surface area contributed by atoms with Gasteiger partial charge in [0.05, 0.1) is 12.1 Å². The minimum Gasteiger partial charge on any atom is -0.485 e. The van der Waals surface area contributed by atoms with Gasteiger partial charge in [0.1, 0.15) is 17.2 Å². The Morgan fingerprint density at radius 2 is 2.20 bits per heavy atom. The maximum absolute atomic E-state index is 12.9. The van der Waals surface area contributed by atoms with Gasteiger partial charge in [0.15, 0.2) is 0 Å². The minimum atomic E-state index is -0.562. The van der Waals surface area contributed by atoms with Gasteiger partial charge in [-0.05, 0) is 26.0 Å². The van der Waals surface area contributed by atoms with Crippen molar-refractivity contribution in [3.8, 4) is 5.75 Å². The van der Waals surface area contributed by atoms with Gasteiger partial charge in [-0.1, -0.05) is 0 Å². The molecule has 80 valence electrons. The molecule has 0 radical (unpaired) electrons. The third-order valence-corrected chi connectivity index (χ3v) is 2.19. The van der Waals surface area contributed by atoms with E-state index in [9.17, 15) is 9.18 Å². The summed E-state index contributed by atoms with van der Waals surface area (Å²) < 4.78 is 18.6. The molecule has 3 nitrogen and oxygen atoms in total. The molecule has 2 rings (SSSR count). The molecule has 1 N–H and O–H groups in total. The van der Waals surface area contributed by atoms with Gasteiger partial charge in [-0.25, -0.2) is 4.39 Å². The molecule has 0 aliphatic carbocycles. The summed E-state index contributed by atoms with van der Waals surface area (Å²) in [4.78, 5) is 11.5. The van der Waals surface area contributed by atoms with Gasteiger partial charge in [-0.2, -0.15) is 0 Å². The lowest BCUT2D eigenvalue weighted by molar-refractivity contribution is -0.118. The van der Waals surface area contributed by atoms with Crippen LogP contribution in [0.25, 0.3) is 0 Å². The summed E-state index contributed by atoms with van der Waals surface area (Å²) in [6.07, 6.45) is 0.253. The Morgan fingerprint density at radius 1 is 1.47 bits per heavy atom. The summed E-state index contributed by atoms with van der Waals surface area (Å²) >= 11 is 0. The van der Waals surface area contributed by atoms with Gasteiger partial charge >= 0.3 is 0 Å². The van der Waals surface area contributed by atoms with Crippen molar-refractivity contribution < 1.29 is 13.9 Å². The molecule has 1 aromatic rings. The van der Waals surface area contributed by atoms with Crippen LogP contribution in [-0.2, 0) is 4.79 Å². The van der Waals surface area contributed by atoms with Crippen molar-refractivity contribution in [2.45, 2.75) is 25.9 Å². The number of carbonyl (C=O) groups is 1. The van der Waals surface area contributed by atoms with E-state index in [-0.39, 0.29) is 12.3 Å². The second-order valence-corrected chi connectivity index (χ2v) is 4.23. The Balaban J connectivity index is 2.45. The standard InChI is InChI=1S/C11H12FNO2/c1-11(2)6-10(14)13-8-5-7(12)3-4-9(8)15-11/h3-5H,6H2,1-2H3,(H,13,14). The highest BCUT2D eigenvalue weighted by Crippen LogP contribution is 2.33. The van der Waals surface area contributed by atoms with Gasteiger partial charge in [-0.3, -0.25) is 4.79 Å². The van der Waals surface area contributed by atoms with Crippen LogP contribution in [-0.4, -0.2) is 11.5 Å². The van der Waals surface area contributed by atoms with Crippen LogP contribution in [0.2, 0.25) is 0 Å². The molecule has 0 saturated heterocycles. The monoisotopic (exact) mass is 209 g/mol. The number of halogens is 1. The first-order chi connectivity index (χ1) is 6.96. The topological polar surface area (TPSA) is 38.3 Å². The number of rotatable bonds is 0. The highest BCUT2D eigenvalue weighted by molar-refractivity contribution is 5.93. The molecule has 1 amide bonds. The fourth-order valence-electron chi connectivity index (χ4n) is 1.60. The van der Waals surface area contributed by atoms with Crippen molar-refractivity contribution in [2.24, 2.45) is 0 Å². The number of anilines is 1. The number of hydrogen-bond donors (Lipinski definition) is 1. The van der Waals surface area contributed by atoms with Crippen LogP contribution in [0.5, 0.6) is 5.75 Å². The Bertz CT molecular complexity index is 415. The predicted molar refractivity (Wildman–Crippen MR) is 54.4 cm³/mol. The highest BCUT2D eigenvalue weighted by atomic mass is 19.1. The lowest BCUT2D eigenvalue weighted by Gasteiger charge is -2.22. The Morgan fingerprint density at radius 3 is 2.93 bits per heavy atom. The van der Waals surface area contributed by atoms with E-state index in [1.54, 1.807) is 0 Å². The van der Waals surface area contributed by atoms with E-state index >= 15 is 0 Å². The largest absolute Gasteiger partial charge is 0.485 e. The summed E-state index contributed by atoms with van der Waals surface area (Å²) in [5, 5.41) is 2.61. The first-order valence-electron chi connectivity index (χ1n) is 4.75. The number of hydrogen-bond acceptors (Lipinski definition) is 2. The van der Waals surface area contributed by atoms with Crippen LogP contribution >= 0.6 is 0 Å². The maximum Gasteiger partial charge on any atom is 0.228 e. The van der Waals surface area contributed by atoms with Crippen LogP contribution < -0.4 is 10.1 Å². The van der Waals surface area contributed by atoms with Crippen LogP contribution in [0.15, 0.2) is 18.2 Å². The number of nitrogens with one attached hydrogen (secondary N) is 1. The molecule has 4 heteroatoms. The molecule has 0 fully saturated rings. The van der Waals surface area contributed by atoms with E-state index in [2.05, 4.69) is 5.32 Å². The van der Waals surface area contributed by atoms with Crippen molar-refractivity contribution in [3.63, 3.8) is 0 Å². The molecular formula is C11H12FNO2.